The van der Waals surface area contributed by atoms with Crippen molar-refractivity contribution in [2.75, 3.05) is 23.8 Å². The third-order valence-corrected chi connectivity index (χ3v) is 8.17. The molecular formula is C26H42N8O2. The number of imidazole rings is 1. The maximum Gasteiger partial charge on any atom is 0.427 e. The number of carbonyl (C=O) groups excluding carboxylic acids is 1. The van der Waals surface area contributed by atoms with E-state index in [1.54, 1.807) is 0 Å². The third kappa shape index (κ3) is 5.23. The van der Waals surface area contributed by atoms with E-state index in [4.69, 9.17) is 19.8 Å². The topological polar surface area (TPSA) is 109 Å². The van der Waals surface area contributed by atoms with Crippen LogP contribution in [0.5, 0.6) is 0 Å². The predicted molar refractivity (Wildman–Crippen MR) is 140 cm³/mol. The van der Waals surface area contributed by atoms with Gasteiger partial charge in [-0.25, -0.2) is 14.8 Å². The van der Waals surface area contributed by atoms with E-state index in [9.17, 15) is 4.79 Å². The van der Waals surface area contributed by atoms with Crippen molar-refractivity contribution in [1.82, 2.24) is 30.3 Å². The molecule has 10 nitrogen and oxygen atoms in total. The summed E-state index contributed by atoms with van der Waals surface area (Å²) in [6, 6.07) is 0.294. The second-order valence-corrected chi connectivity index (χ2v) is 11.7. The monoisotopic (exact) mass is 498 g/mol. The minimum absolute atomic E-state index is 0.294. The first-order valence-corrected chi connectivity index (χ1v) is 13.8. The molecule has 2 aromatic heterocycles. The number of hydroxylamine groups is 1. The van der Waals surface area contributed by atoms with Gasteiger partial charge in [-0.15, -0.1) is 5.48 Å². The first-order valence-electron chi connectivity index (χ1n) is 13.8. The second kappa shape index (κ2) is 10.4. The van der Waals surface area contributed by atoms with Gasteiger partial charge in [0.1, 0.15) is 5.52 Å². The highest BCUT2D eigenvalue weighted by atomic mass is 16.7. The summed E-state index contributed by atoms with van der Waals surface area (Å²) >= 11 is 0. The number of nitrogens with one attached hydrogen (secondary N) is 3. The van der Waals surface area contributed by atoms with E-state index in [1.807, 2.05) is 0 Å². The van der Waals surface area contributed by atoms with Gasteiger partial charge in [-0.2, -0.15) is 4.98 Å². The fourth-order valence-corrected chi connectivity index (χ4v) is 5.81. The number of amides is 1. The zero-order chi connectivity index (χ0) is 25.4. The standard InChI is InChI=1S/C26H42N8O2/c1-15(2)13-33(5)25-30-22-20(34(25)14-18-11-9-16(3)10-12-18)21(27-17(4)19-7-6-8-19)28-23(29-22)24-31-26(35)36-32-24/h15-19,24,32H,6-14H2,1-5H3,(H,31,35)(H,27,28,29)/t16?,17-,18?,24?/m1/s1. The van der Waals surface area contributed by atoms with E-state index >= 15 is 0 Å². The van der Waals surface area contributed by atoms with E-state index in [0.29, 0.717) is 35.3 Å². The lowest BCUT2D eigenvalue weighted by molar-refractivity contribution is 0.120. The molecule has 3 heterocycles. The Morgan fingerprint density at radius 2 is 1.86 bits per heavy atom. The van der Waals surface area contributed by atoms with Gasteiger partial charge in [0, 0.05) is 26.2 Å². The SMILES string of the molecule is CC(C)CN(C)c1nc2nc(C3NOC(=O)N3)nc(N[C@H](C)C3CCC3)c2n1CC1CCC(C)CC1. The number of anilines is 2. The van der Waals surface area contributed by atoms with Crippen LogP contribution in [0.1, 0.15) is 84.6 Å². The van der Waals surface area contributed by atoms with Crippen molar-refractivity contribution < 1.29 is 9.63 Å². The van der Waals surface area contributed by atoms with Crippen molar-refractivity contribution in [2.45, 2.75) is 91.4 Å². The van der Waals surface area contributed by atoms with Crippen LogP contribution in [0.3, 0.4) is 0 Å². The Balaban J connectivity index is 1.58. The summed E-state index contributed by atoms with van der Waals surface area (Å²) in [5, 5.41) is 6.46. The first kappa shape index (κ1) is 25.0. The Labute approximate surface area is 213 Å². The molecule has 198 valence electrons. The maximum atomic E-state index is 11.7. The van der Waals surface area contributed by atoms with E-state index in [1.165, 1.54) is 44.9 Å². The molecule has 2 aliphatic carbocycles. The van der Waals surface area contributed by atoms with Gasteiger partial charge in [0.05, 0.1) is 0 Å². The number of hydrogen-bond donors (Lipinski definition) is 3. The van der Waals surface area contributed by atoms with Gasteiger partial charge in [-0.1, -0.05) is 40.0 Å². The Bertz CT molecular complexity index is 1070. The fraction of sp³-hybridized carbons (Fsp3) is 0.769. The van der Waals surface area contributed by atoms with Crippen LogP contribution in [0.15, 0.2) is 0 Å². The van der Waals surface area contributed by atoms with E-state index in [2.05, 4.69) is 60.3 Å². The van der Waals surface area contributed by atoms with Crippen molar-refractivity contribution in [3.8, 4) is 0 Å². The molecule has 0 aromatic carbocycles. The highest BCUT2D eigenvalue weighted by molar-refractivity contribution is 5.86. The van der Waals surface area contributed by atoms with Crippen LogP contribution in [0.4, 0.5) is 16.6 Å². The zero-order valence-corrected chi connectivity index (χ0v) is 22.4. The average Bonchev–Trinajstić information content (AvgIpc) is 3.37. The molecule has 1 saturated heterocycles. The highest BCUT2D eigenvalue weighted by Gasteiger charge is 2.32. The molecular weight excluding hydrogens is 456 g/mol. The van der Waals surface area contributed by atoms with E-state index < -0.39 is 12.3 Å². The van der Waals surface area contributed by atoms with Gasteiger partial charge in [-0.05, 0) is 56.3 Å². The third-order valence-electron chi connectivity index (χ3n) is 8.17. The molecule has 2 atom stereocenters. The second-order valence-electron chi connectivity index (χ2n) is 11.7. The number of fused-ring (bicyclic) bond motifs is 1. The van der Waals surface area contributed by atoms with Crippen LogP contribution in [0, 0.1) is 23.7 Å². The van der Waals surface area contributed by atoms with Crippen LogP contribution in [0.25, 0.3) is 11.2 Å². The number of aromatic nitrogens is 4. The largest absolute Gasteiger partial charge is 0.427 e. The highest BCUT2D eigenvalue weighted by Crippen LogP contribution is 2.36. The summed E-state index contributed by atoms with van der Waals surface area (Å²) in [5.41, 5.74) is 4.31. The summed E-state index contributed by atoms with van der Waals surface area (Å²) in [5.74, 6) is 4.75. The molecule has 10 heteroatoms. The minimum Gasteiger partial charge on any atom is -0.365 e. The Kier molecular flexibility index (Phi) is 7.23. The van der Waals surface area contributed by atoms with E-state index in [-0.39, 0.29) is 0 Å². The first-order chi connectivity index (χ1) is 17.3. The molecule has 5 rings (SSSR count). The van der Waals surface area contributed by atoms with Crippen LogP contribution >= 0.6 is 0 Å². The van der Waals surface area contributed by atoms with Crippen LogP contribution in [0.2, 0.25) is 0 Å². The Morgan fingerprint density at radius 3 is 2.47 bits per heavy atom. The van der Waals surface area contributed by atoms with E-state index in [0.717, 1.165) is 36.3 Å². The number of nitrogens with zero attached hydrogens (tertiary/aromatic N) is 5. The van der Waals surface area contributed by atoms with Gasteiger partial charge in [0.25, 0.3) is 0 Å². The van der Waals surface area contributed by atoms with Crippen molar-refractivity contribution in [2.24, 2.45) is 23.7 Å². The van der Waals surface area contributed by atoms with Crippen LogP contribution in [-0.2, 0) is 11.4 Å². The Morgan fingerprint density at radius 1 is 1.11 bits per heavy atom. The quantitative estimate of drug-likeness (QED) is 0.461. The predicted octanol–water partition coefficient (Wildman–Crippen LogP) is 4.59. The molecule has 3 aliphatic rings. The van der Waals surface area contributed by atoms with Gasteiger partial charge < -0.3 is 19.6 Å². The number of carbonyl (C=O) groups is 1. The minimum atomic E-state index is -0.608. The van der Waals surface area contributed by atoms with Crippen molar-refractivity contribution in [3.63, 3.8) is 0 Å². The molecule has 0 spiro atoms. The smallest absolute Gasteiger partial charge is 0.365 e. The molecule has 1 amide bonds. The number of hydrogen-bond acceptors (Lipinski definition) is 8. The molecule has 36 heavy (non-hydrogen) atoms. The average molecular weight is 499 g/mol. The zero-order valence-electron chi connectivity index (χ0n) is 22.4. The summed E-state index contributed by atoms with van der Waals surface area (Å²) < 4.78 is 2.36. The van der Waals surface area contributed by atoms with Crippen LogP contribution in [-0.4, -0.2) is 45.2 Å². The normalized spacial score (nSPS) is 25.5. The summed E-state index contributed by atoms with van der Waals surface area (Å²) in [6.45, 7) is 10.9. The summed E-state index contributed by atoms with van der Waals surface area (Å²) in [4.78, 5) is 33.7. The van der Waals surface area contributed by atoms with Crippen molar-refractivity contribution in [1.29, 1.82) is 0 Å². The van der Waals surface area contributed by atoms with Crippen LogP contribution < -0.4 is 21.0 Å². The number of rotatable bonds is 9. The molecule has 0 radical (unpaired) electrons. The maximum absolute atomic E-state index is 11.7. The van der Waals surface area contributed by atoms with Crippen molar-refractivity contribution in [3.05, 3.63) is 5.82 Å². The molecule has 2 saturated carbocycles. The molecule has 1 unspecified atom stereocenters. The molecule has 3 N–H and O–H groups in total. The molecule has 2 aromatic rings. The van der Waals surface area contributed by atoms with Gasteiger partial charge in [-0.3, -0.25) is 5.32 Å². The summed E-state index contributed by atoms with van der Waals surface area (Å²) in [6.07, 6.45) is 7.68. The molecule has 0 bridgehead atoms. The molecule has 1 aliphatic heterocycles. The Hall–Kier alpha value is -2.62. The summed E-state index contributed by atoms with van der Waals surface area (Å²) in [7, 11) is 2.12. The fourth-order valence-electron chi connectivity index (χ4n) is 5.81. The van der Waals surface area contributed by atoms with Gasteiger partial charge in [0.2, 0.25) is 5.95 Å². The lowest BCUT2D eigenvalue weighted by Crippen LogP contribution is -2.32. The van der Waals surface area contributed by atoms with Gasteiger partial charge >= 0.3 is 6.09 Å². The lowest BCUT2D eigenvalue weighted by Gasteiger charge is -2.32. The lowest BCUT2D eigenvalue weighted by atomic mass is 9.80. The van der Waals surface area contributed by atoms with Crippen molar-refractivity contribution >= 4 is 29.0 Å². The molecule has 3 fully saturated rings. The van der Waals surface area contributed by atoms with Gasteiger partial charge in [0.15, 0.2) is 23.5 Å².